The van der Waals surface area contributed by atoms with E-state index in [1.54, 1.807) is 0 Å². The number of benzene rings is 2. The second-order valence-corrected chi connectivity index (χ2v) is 5.93. The second-order valence-electron chi connectivity index (χ2n) is 5.93. The van der Waals surface area contributed by atoms with Gasteiger partial charge in [-0.1, -0.05) is 55.5 Å². The maximum absolute atomic E-state index is 4.98. The van der Waals surface area contributed by atoms with Crippen LogP contribution in [0.1, 0.15) is 24.5 Å². The molecule has 0 radical (unpaired) electrons. The first-order valence-electron chi connectivity index (χ1n) is 8.60. The van der Waals surface area contributed by atoms with Crippen LogP contribution in [0, 0.1) is 0 Å². The number of para-hydroxylation sites is 1. The third kappa shape index (κ3) is 2.92. The highest BCUT2D eigenvalue weighted by atomic mass is 15.5. The summed E-state index contributed by atoms with van der Waals surface area (Å²) in [6.45, 7) is 3.02. The van der Waals surface area contributed by atoms with Gasteiger partial charge >= 0.3 is 0 Å². The molecule has 0 unspecified atom stereocenters. The Morgan fingerprint density at radius 2 is 1.72 bits per heavy atom. The van der Waals surface area contributed by atoms with Crippen molar-refractivity contribution in [2.24, 2.45) is 4.99 Å². The van der Waals surface area contributed by atoms with E-state index in [1.165, 1.54) is 0 Å². The molecule has 0 saturated carbocycles. The summed E-state index contributed by atoms with van der Waals surface area (Å²) in [7, 11) is 0. The van der Waals surface area contributed by atoms with Crippen molar-refractivity contribution in [2.75, 3.05) is 11.6 Å². The molecule has 0 bridgehead atoms. The molecule has 25 heavy (non-hydrogen) atoms. The van der Waals surface area contributed by atoms with Crippen LogP contribution in [0.25, 0.3) is 0 Å². The largest absolute Gasteiger partial charge is 0.257 e. The zero-order chi connectivity index (χ0) is 17.1. The maximum Gasteiger partial charge on any atom is 0.173 e. The number of nitrogens with zero attached hydrogens (tertiary/aromatic N) is 3. The van der Waals surface area contributed by atoms with E-state index in [1.807, 2.05) is 36.5 Å². The molecule has 0 saturated heterocycles. The first-order valence-corrected chi connectivity index (χ1v) is 8.60. The number of rotatable bonds is 4. The average Bonchev–Trinajstić information content (AvgIpc) is 2.82. The maximum atomic E-state index is 4.98. The lowest BCUT2D eigenvalue weighted by atomic mass is 10.0. The Balaban J connectivity index is 1.96. The van der Waals surface area contributed by atoms with E-state index in [4.69, 9.17) is 4.99 Å². The molecule has 1 N–H and O–H groups in total. The molecule has 4 heteroatoms. The molecule has 0 amide bonds. The Bertz CT molecular complexity index is 903. The van der Waals surface area contributed by atoms with Crippen LogP contribution >= 0.6 is 0 Å². The zero-order valence-electron chi connectivity index (χ0n) is 14.2. The Kier molecular flexibility index (Phi) is 4.27. The van der Waals surface area contributed by atoms with E-state index in [0.717, 1.165) is 47.0 Å². The second kappa shape index (κ2) is 6.87. The molecule has 3 aromatic rings. The molecule has 124 valence electrons. The Hall–Kier alpha value is -2.98. The summed E-state index contributed by atoms with van der Waals surface area (Å²) in [4.78, 5) is 9.58. The lowest BCUT2D eigenvalue weighted by Crippen LogP contribution is -2.35. The van der Waals surface area contributed by atoms with Gasteiger partial charge < -0.3 is 0 Å². The highest BCUT2D eigenvalue weighted by molar-refractivity contribution is 6.18. The number of hydrazine groups is 1. The Labute approximate surface area is 147 Å². The van der Waals surface area contributed by atoms with Gasteiger partial charge in [0, 0.05) is 23.9 Å². The van der Waals surface area contributed by atoms with Crippen molar-refractivity contribution in [2.45, 2.75) is 13.3 Å². The molecule has 4 rings (SSSR count). The van der Waals surface area contributed by atoms with Crippen LogP contribution in [0.4, 0.5) is 17.2 Å². The van der Waals surface area contributed by atoms with Gasteiger partial charge in [-0.25, -0.2) is 15.4 Å². The van der Waals surface area contributed by atoms with Crippen LogP contribution in [0.15, 0.2) is 77.9 Å². The van der Waals surface area contributed by atoms with Gasteiger partial charge in [-0.2, -0.15) is 0 Å². The van der Waals surface area contributed by atoms with Gasteiger partial charge in [0.1, 0.15) is 5.69 Å². The van der Waals surface area contributed by atoms with Crippen LogP contribution < -0.4 is 10.4 Å². The minimum atomic E-state index is 0.828. The van der Waals surface area contributed by atoms with Crippen LogP contribution in [0.2, 0.25) is 0 Å². The fraction of sp³-hybridized carbons (Fsp3) is 0.143. The molecule has 2 heterocycles. The predicted molar refractivity (Wildman–Crippen MR) is 103 cm³/mol. The molecular weight excluding hydrogens is 308 g/mol. The summed E-state index contributed by atoms with van der Waals surface area (Å²) >= 11 is 0. The number of fused-ring (bicyclic) bond motifs is 2. The minimum Gasteiger partial charge on any atom is -0.257 e. The smallest absolute Gasteiger partial charge is 0.173 e. The Morgan fingerprint density at radius 1 is 0.920 bits per heavy atom. The van der Waals surface area contributed by atoms with Crippen molar-refractivity contribution < 1.29 is 0 Å². The number of aliphatic imine (C=N–C) groups is 1. The molecular formula is C21H20N4. The quantitative estimate of drug-likeness (QED) is 0.760. The summed E-state index contributed by atoms with van der Waals surface area (Å²) < 4.78 is 0. The van der Waals surface area contributed by atoms with E-state index < -0.39 is 0 Å². The molecule has 0 fully saturated rings. The van der Waals surface area contributed by atoms with Crippen molar-refractivity contribution in [3.05, 3.63) is 84.1 Å². The van der Waals surface area contributed by atoms with Crippen LogP contribution in [0.3, 0.4) is 0 Å². The van der Waals surface area contributed by atoms with Gasteiger partial charge in [0.25, 0.3) is 0 Å². The molecule has 1 aliphatic heterocycles. The first kappa shape index (κ1) is 15.5. The lowest BCUT2D eigenvalue weighted by molar-refractivity contribution is 0.681. The topological polar surface area (TPSA) is 40.5 Å². The number of hydrogen-bond donors (Lipinski definition) is 1. The van der Waals surface area contributed by atoms with E-state index in [9.17, 15) is 0 Å². The summed E-state index contributed by atoms with van der Waals surface area (Å²) in [5.41, 5.74) is 8.58. The number of anilines is 2. The van der Waals surface area contributed by atoms with Crippen LogP contribution in [0.5, 0.6) is 0 Å². The first-order chi connectivity index (χ1) is 12.4. The summed E-state index contributed by atoms with van der Waals surface area (Å²) in [6.07, 6.45) is 2.85. The van der Waals surface area contributed by atoms with Gasteiger partial charge in [0.2, 0.25) is 0 Å². The summed E-state index contributed by atoms with van der Waals surface area (Å²) in [6, 6.07) is 22.6. The van der Waals surface area contributed by atoms with Crippen molar-refractivity contribution in [3.63, 3.8) is 0 Å². The van der Waals surface area contributed by atoms with Gasteiger partial charge in [0.05, 0.1) is 11.4 Å². The standard InChI is InChI=1S/C21H20N4/c1-2-14-23-25-19-13-7-6-11-17(19)20(16-9-4-3-5-10-16)24-18-12-8-15-22-21(18)25/h3-13,15,23H,2,14H2,1H3. The van der Waals surface area contributed by atoms with E-state index in [-0.39, 0.29) is 0 Å². The third-order valence-electron chi connectivity index (χ3n) is 4.18. The number of pyridine rings is 1. The van der Waals surface area contributed by atoms with Crippen molar-refractivity contribution in [1.82, 2.24) is 10.4 Å². The van der Waals surface area contributed by atoms with Gasteiger partial charge in [-0.15, -0.1) is 0 Å². The number of nitrogens with one attached hydrogen (secondary N) is 1. The molecule has 1 aliphatic rings. The third-order valence-corrected chi connectivity index (χ3v) is 4.18. The zero-order valence-corrected chi connectivity index (χ0v) is 14.2. The van der Waals surface area contributed by atoms with Crippen LogP contribution in [-0.4, -0.2) is 17.2 Å². The van der Waals surface area contributed by atoms with Gasteiger partial charge in [-0.05, 0) is 24.6 Å². The monoisotopic (exact) mass is 328 g/mol. The SMILES string of the molecule is CCCNN1c2ccccc2C(c2ccccc2)=Nc2cccnc21. The summed E-state index contributed by atoms with van der Waals surface area (Å²) in [5, 5.41) is 2.06. The Morgan fingerprint density at radius 3 is 2.56 bits per heavy atom. The molecule has 0 spiro atoms. The summed E-state index contributed by atoms with van der Waals surface area (Å²) in [5.74, 6) is 0.828. The van der Waals surface area contributed by atoms with Gasteiger partial charge in [0.15, 0.2) is 5.82 Å². The normalized spacial score (nSPS) is 12.8. The molecule has 4 nitrogen and oxygen atoms in total. The van der Waals surface area contributed by atoms with Gasteiger partial charge in [-0.3, -0.25) is 5.01 Å². The lowest BCUT2D eigenvalue weighted by Gasteiger charge is -2.25. The highest BCUT2D eigenvalue weighted by Gasteiger charge is 2.24. The fourth-order valence-corrected chi connectivity index (χ4v) is 3.01. The fourth-order valence-electron chi connectivity index (χ4n) is 3.01. The van der Waals surface area contributed by atoms with E-state index >= 15 is 0 Å². The molecule has 2 aromatic carbocycles. The van der Waals surface area contributed by atoms with Crippen molar-refractivity contribution in [1.29, 1.82) is 0 Å². The predicted octanol–water partition coefficient (Wildman–Crippen LogP) is 4.62. The van der Waals surface area contributed by atoms with E-state index in [0.29, 0.717) is 0 Å². The van der Waals surface area contributed by atoms with Crippen LogP contribution in [-0.2, 0) is 0 Å². The average molecular weight is 328 g/mol. The number of aromatic nitrogens is 1. The minimum absolute atomic E-state index is 0.828. The van der Waals surface area contributed by atoms with E-state index in [2.05, 4.69) is 58.7 Å². The van der Waals surface area contributed by atoms with Crippen molar-refractivity contribution >= 4 is 22.9 Å². The molecule has 1 aromatic heterocycles. The molecule has 0 atom stereocenters. The van der Waals surface area contributed by atoms with Crippen molar-refractivity contribution in [3.8, 4) is 0 Å². The molecule has 0 aliphatic carbocycles. The highest BCUT2D eigenvalue weighted by Crippen LogP contribution is 2.37. The number of hydrogen-bond acceptors (Lipinski definition) is 4.